The van der Waals surface area contributed by atoms with Crippen LogP contribution in [0.4, 0.5) is 8.78 Å². The molecule has 1 unspecified atom stereocenters. The van der Waals surface area contributed by atoms with E-state index >= 15 is 0 Å². The molecule has 88 valence electrons. The third-order valence-electron chi connectivity index (χ3n) is 2.07. The van der Waals surface area contributed by atoms with E-state index in [-0.39, 0.29) is 24.1 Å². The second kappa shape index (κ2) is 7.02. The highest BCUT2D eigenvalue weighted by Gasteiger charge is 2.08. The fraction of sp³-hybridized carbons (Fsp3) is 0.364. The van der Waals surface area contributed by atoms with Crippen LogP contribution in [0.3, 0.4) is 0 Å². The van der Waals surface area contributed by atoms with Crippen LogP contribution in [0, 0.1) is 11.3 Å². The van der Waals surface area contributed by atoms with Gasteiger partial charge in [-0.1, -0.05) is 19.1 Å². The third-order valence-corrected chi connectivity index (χ3v) is 2.07. The molecule has 1 aromatic rings. The summed E-state index contributed by atoms with van der Waals surface area (Å²) in [6, 6.07) is 8.30. The molecule has 0 aliphatic carbocycles. The molecule has 0 bridgehead atoms. The first-order chi connectivity index (χ1) is 7.17. The topological polar surface area (TPSA) is 33.0 Å². The van der Waals surface area contributed by atoms with Crippen molar-refractivity contribution in [3.63, 3.8) is 0 Å². The summed E-state index contributed by atoms with van der Waals surface area (Å²) in [5, 5.41) is 8.79. The van der Waals surface area contributed by atoms with Crippen LogP contribution in [0.5, 0.6) is 5.75 Å². The van der Waals surface area contributed by atoms with Crippen LogP contribution < -0.4 is 4.74 Å². The first-order valence-corrected chi connectivity index (χ1v) is 4.61. The largest absolute Gasteiger partial charge is 0.435 e. The first kappa shape index (κ1) is 14.7. The summed E-state index contributed by atoms with van der Waals surface area (Å²) in [6.07, 6.45) is 0.700. The van der Waals surface area contributed by atoms with Gasteiger partial charge >= 0.3 is 6.61 Å². The molecule has 1 aromatic carbocycles. The van der Waals surface area contributed by atoms with Crippen LogP contribution in [-0.4, -0.2) is 6.61 Å². The minimum atomic E-state index is -2.81. The highest BCUT2D eigenvalue weighted by molar-refractivity contribution is 5.85. The van der Waals surface area contributed by atoms with Crippen LogP contribution in [0.25, 0.3) is 0 Å². The van der Waals surface area contributed by atoms with Gasteiger partial charge < -0.3 is 4.74 Å². The molecule has 0 aliphatic heterocycles. The summed E-state index contributed by atoms with van der Waals surface area (Å²) in [6.45, 7) is -0.911. The Balaban J connectivity index is 0.00000225. The second-order valence-electron chi connectivity index (χ2n) is 3.04. The van der Waals surface area contributed by atoms with E-state index in [1.54, 1.807) is 12.1 Å². The zero-order chi connectivity index (χ0) is 11.3. The zero-order valence-corrected chi connectivity index (χ0v) is 9.51. The average molecular weight is 248 g/mol. The molecule has 1 rings (SSSR count). The van der Waals surface area contributed by atoms with E-state index in [1.807, 2.05) is 6.92 Å². The summed E-state index contributed by atoms with van der Waals surface area (Å²) < 4.78 is 27.9. The van der Waals surface area contributed by atoms with Gasteiger partial charge in [-0.25, -0.2) is 0 Å². The Morgan fingerprint density at radius 1 is 1.31 bits per heavy atom. The Bertz CT molecular complexity index is 348. The van der Waals surface area contributed by atoms with Gasteiger partial charge in [-0.2, -0.15) is 14.0 Å². The Kier molecular flexibility index (Phi) is 6.43. The maximum absolute atomic E-state index is 11.8. The highest BCUT2D eigenvalue weighted by atomic mass is 35.5. The Labute approximate surface area is 99.2 Å². The fourth-order valence-electron chi connectivity index (χ4n) is 1.28. The van der Waals surface area contributed by atoms with Crippen molar-refractivity contribution < 1.29 is 13.5 Å². The SMILES string of the molecule is CCC(C#N)c1ccc(OC(F)F)cc1.Cl. The number of nitriles is 1. The molecule has 0 aliphatic rings. The number of nitrogens with zero attached hydrogens (tertiary/aromatic N) is 1. The molecule has 0 aromatic heterocycles. The monoisotopic (exact) mass is 247 g/mol. The van der Waals surface area contributed by atoms with Crippen molar-refractivity contribution in [3.05, 3.63) is 29.8 Å². The van der Waals surface area contributed by atoms with Crippen LogP contribution in [0.2, 0.25) is 0 Å². The van der Waals surface area contributed by atoms with Crippen LogP contribution in [0.15, 0.2) is 24.3 Å². The molecule has 16 heavy (non-hydrogen) atoms. The Morgan fingerprint density at radius 3 is 2.25 bits per heavy atom. The number of halogens is 3. The minimum Gasteiger partial charge on any atom is -0.435 e. The first-order valence-electron chi connectivity index (χ1n) is 4.61. The molecule has 0 spiro atoms. The van der Waals surface area contributed by atoms with Crippen molar-refractivity contribution in [2.24, 2.45) is 0 Å². The van der Waals surface area contributed by atoms with Gasteiger partial charge in [-0.3, -0.25) is 0 Å². The maximum Gasteiger partial charge on any atom is 0.387 e. The zero-order valence-electron chi connectivity index (χ0n) is 8.69. The summed E-state index contributed by atoms with van der Waals surface area (Å²) in [5.41, 5.74) is 0.821. The van der Waals surface area contributed by atoms with Gasteiger partial charge in [0.05, 0.1) is 12.0 Å². The lowest BCUT2D eigenvalue weighted by molar-refractivity contribution is -0.0498. The van der Waals surface area contributed by atoms with Crippen molar-refractivity contribution >= 4 is 12.4 Å². The van der Waals surface area contributed by atoms with E-state index < -0.39 is 6.61 Å². The van der Waals surface area contributed by atoms with Crippen molar-refractivity contribution in [2.45, 2.75) is 25.9 Å². The standard InChI is InChI=1S/C11H11F2NO.ClH/c1-2-8(7-14)9-3-5-10(6-4-9)15-11(12)13;/h3-6,8,11H,2H2,1H3;1H. The molecule has 2 nitrogen and oxygen atoms in total. The lowest BCUT2D eigenvalue weighted by Gasteiger charge is -2.08. The lowest BCUT2D eigenvalue weighted by Crippen LogP contribution is -2.02. The lowest BCUT2D eigenvalue weighted by atomic mass is 9.98. The number of hydrogen-bond donors (Lipinski definition) is 0. The number of rotatable bonds is 4. The van der Waals surface area contributed by atoms with Gasteiger partial charge in [0.2, 0.25) is 0 Å². The highest BCUT2D eigenvalue weighted by Crippen LogP contribution is 2.22. The smallest absolute Gasteiger partial charge is 0.387 e. The van der Waals surface area contributed by atoms with Crippen molar-refractivity contribution in [3.8, 4) is 11.8 Å². The molecule has 0 saturated heterocycles. The van der Waals surface area contributed by atoms with Crippen LogP contribution in [-0.2, 0) is 0 Å². The van der Waals surface area contributed by atoms with Gasteiger partial charge in [0.1, 0.15) is 5.75 Å². The number of alkyl halides is 2. The average Bonchev–Trinajstić information content (AvgIpc) is 2.21. The molecule has 0 fully saturated rings. The molecule has 0 N–H and O–H groups in total. The summed E-state index contributed by atoms with van der Waals surface area (Å²) in [7, 11) is 0. The van der Waals surface area contributed by atoms with Gasteiger partial charge in [0, 0.05) is 0 Å². The van der Waals surface area contributed by atoms with E-state index in [1.165, 1.54) is 12.1 Å². The molecule has 0 saturated carbocycles. The van der Waals surface area contributed by atoms with Crippen LogP contribution >= 0.6 is 12.4 Å². The van der Waals surface area contributed by atoms with Gasteiger partial charge in [0.25, 0.3) is 0 Å². The normalized spacial score (nSPS) is 11.4. The Morgan fingerprint density at radius 2 is 1.88 bits per heavy atom. The van der Waals surface area contributed by atoms with E-state index in [9.17, 15) is 8.78 Å². The Hall–Kier alpha value is -1.34. The second-order valence-corrected chi connectivity index (χ2v) is 3.04. The van der Waals surface area contributed by atoms with Crippen LogP contribution in [0.1, 0.15) is 24.8 Å². The van der Waals surface area contributed by atoms with Crippen molar-refractivity contribution in [1.29, 1.82) is 5.26 Å². The number of ether oxygens (including phenoxy) is 1. The maximum atomic E-state index is 11.8. The molecule has 0 heterocycles. The summed E-state index contributed by atoms with van der Waals surface area (Å²) in [4.78, 5) is 0. The van der Waals surface area contributed by atoms with Gasteiger partial charge in [-0.15, -0.1) is 12.4 Å². The number of hydrogen-bond acceptors (Lipinski definition) is 2. The molecule has 0 amide bonds. The fourth-order valence-corrected chi connectivity index (χ4v) is 1.28. The molecule has 1 atom stereocenters. The molecule has 0 radical (unpaired) electrons. The molecular formula is C11H12ClF2NO. The summed E-state index contributed by atoms with van der Waals surface area (Å²) >= 11 is 0. The summed E-state index contributed by atoms with van der Waals surface area (Å²) in [5.74, 6) is -0.0767. The predicted molar refractivity (Wildman–Crippen MR) is 59.0 cm³/mol. The predicted octanol–water partition coefficient (Wildman–Crippen LogP) is 3.73. The molecule has 5 heteroatoms. The number of benzene rings is 1. The quantitative estimate of drug-likeness (QED) is 0.812. The van der Waals surface area contributed by atoms with E-state index in [2.05, 4.69) is 10.8 Å². The van der Waals surface area contributed by atoms with E-state index in [4.69, 9.17) is 5.26 Å². The third kappa shape index (κ3) is 4.03. The van der Waals surface area contributed by atoms with Gasteiger partial charge in [0.15, 0.2) is 0 Å². The minimum absolute atomic E-state index is 0. The molecular weight excluding hydrogens is 236 g/mol. The van der Waals surface area contributed by atoms with E-state index in [0.29, 0.717) is 6.42 Å². The van der Waals surface area contributed by atoms with E-state index in [0.717, 1.165) is 5.56 Å². The van der Waals surface area contributed by atoms with Gasteiger partial charge in [-0.05, 0) is 24.1 Å². The van der Waals surface area contributed by atoms with Crippen molar-refractivity contribution in [1.82, 2.24) is 0 Å². The van der Waals surface area contributed by atoms with Crippen molar-refractivity contribution in [2.75, 3.05) is 0 Å².